The molecule has 16 nitrogen and oxygen atoms in total. The van der Waals surface area contributed by atoms with Gasteiger partial charge in [-0.3, -0.25) is 24.0 Å². The normalized spacial score (nSPS) is 13.8. The standard InChI is InChI=1S/C7H14N2O4S.C5H11NO2S.C3H7NO3.C3H7NO2S/c8-4(6(10)11)1-2-14-3-5(9)7(12)13;1-9-3-2-4(6)5(7)8;4-2(1-5)3(6)7;4-2(1-7)3(5)6/h4-5H,1-3,8-9H2,(H,10,11)(H,12,13);4H,2-3,6H2,1H3,(H,7,8);2,5H,1,4H2,(H,6,7);2,7H,1,4H2,(H,5,6). The first-order valence-electron chi connectivity index (χ1n) is 10.2. The number of hydrogen-bond donors (Lipinski definition) is 12. The topological polar surface area (TPSA) is 337 Å². The zero-order valence-electron chi connectivity index (χ0n) is 20.2. The molecule has 0 aliphatic rings. The molecule has 0 aromatic heterocycles. The van der Waals surface area contributed by atoms with Crippen LogP contribution in [0.4, 0.5) is 0 Å². The van der Waals surface area contributed by atoms with Gasteiger partial charge in [-0.15, -0.1) is 0 Å². The van der Waals surface area contributed by atoms with Gasteiger partial charge >= 0.3 is 29.8 Å². The molecule has 0 aliphatic heterocycles. The fourth-order valence-corrected chi connectivity index (χ4v) is 2.77. The maximum atomic E-state index is 10.3. The highest BCUT2D eigenvalue weighted by Crippen LogP contribution is 2.05. The van der Waals surface area contributed by atoms with Gasteiger partial charge in [0.1, 0.15) is 30.2 Å². The number of carboxylic acid groups (broad SMARTS) is 5. The van der Waals surface area contributed by atoms with Gasteiger partial charge in [0.15, 0.2) is 0 Å². The van der Waals surface area contributed by atoms with Crippen LogP contribution >= 0.6 is 36.2 Å². The van der Waals surface area contributed by atoms with Gasteiger partial charge in [-0.2, -0.15) is 36.2 Å². The van der Waals surface area contributed by atoms with E-state index in [9.17, 15) is 24.0 Å². The van der Waals surface area contributed by atoms with Crippen LogP contribution in [0.1, 0.15) is 12.8 Å². The summed E-state index contributed by atoms with van der Waals surface area (Å²) >= 11 is 6.54. The molecule has 5 atom stereocenters. The monoisotopic (exact) mass is 597 g/mol. The molecule has 5 unspecified atom stereocenters. The van der Waals surface area contributed by atoms with Crippen LogP contribution in [0.25, 0.3) is 0 Å². The summed E-state index contributed by atoms with van der Waals surface area (Å²) in [5.74, 6) is -3.44. The summed E-state index contributed by atoms with van der Waals surface area (Å²) in [6, 6.07) is -4.41. The largest absolute Gasteiger partial charge is 0.480 e. The van der Waals surface area contributed by atoms with Crippen LogP contribution in [0.5, 0.6) is 0 Å². The van der Waals surface area contributed by atoms with E-state index in [1.807, 2.05) is 6.26 Å². The average Bonchev–Trinajstić information content (AvgIpc) is 2.84. The van der Waals surface area contributed by atoms with Crippen molar-refractivity contribution in [3.8, 4) is 0 Å². The molecule has 0 heterocycles. The van der Waals surface area contributed by atoms with Gasteiger partial charge in [-0.05, 0) is 30.6 Å². The number of aliphatic hydroxyl groups is 1. The van der Waals surface area contributed by atoms with E-state index in [2.05, 4.69) is 12.6 Å². The molecule has 16 N–H and O–H groups in total. The van der Waals surface area contributed by atoms with E-state index in [0.29, 0.717) is 18.6 Å². The minimum absolute atomic E-state index is 0.190. The molecule has 0 spiro atoms. The highest BCUT2D eigenvalue weighted by atomic mass is 32.2. The van der Waals surface area contributed by atoms with Crippen molar-refractivity contribution >= 4 is 66.0 Å². The highest BCUT2D eigenvalue weighted by Gasteiger charge is 2.13. The molecule has 0 saturated heterocycles. The smallest absolute Gasteiger partial charge is 0.322 e. The lowest BCUT2D eigenvalue weighted by Crippen LogP contribution is -2.33. The van der Waals surface area contributed by atoms with Crippen LogP contribution in [-0.4, -0.2) is 127 Å². The van der Waals surface area contributed by atoms with Gasteiger partial charge in [0.05, 0.1) is 6.61 Å². The molecule has 0 amide bonds. The SMILES string of the molecule is CSCCC(N)C(=O)O.NC(CCSCC(N)C(=O)O)C(=O)O.NC(CO)C(=O)O.NC(CS)C(=O)O. The number of thioether (sulfide) groups is 2. The van der Waals surface area contributed by atoms with E-state index in [0.717, 1.165) is 5.75 Å². The number of aliphatic hydroxyl groups excluding tert-OH is 1. The van der Waals surface area contributed by atoms with Crippen molar-refractivity contribution in [3.05, 3.63) is 0 Å². The predicted molar refractivity (Wildman–Crippen MR) is 144 cm³/mol. The van der Waals surface area contributed by atoms with Crippen molar-refractivity contribution in [3.63, 3.8) is 0 Å². The van der Waals surface area contributed by atoms with Crippen molar-refractivity contribution < 1.29 is 54.6 Å². The van der Waals surface area contributed by atoms with E-state index < -0.39 is 66.7 Å². The van der Waals surface area contributed by atoms with Crippen LogP contribution < -0.4 is 28.7 Å². The van der Waals surface area contributed by atoms with Gasteiger partial charge in [0.2, 0.25) is 0 Å². The molecular weight excluding hydrogens is 558 g/mol. The molecule has 37 heavy (non-hydrogen) atoms. The van der Waals surface area contributed by atoms with Crippen molar-refractivity contribution in [2.75, 3.05) is 35.9 Å². The molecule has 0 aliphatic carbocycles. The molecule has 0 radical (unpaired) electrons. The van der Waals surface area contributed by atoms with E-state index in [1.165, 1.54) is 11.8 Å². The van der Waals surface area contributed by atoms with Crippen molar-refractivity contribution in [2.24, 2.45) is 28.7 Å². The number of nitrogens with two attached hydrogens (primary N) is 5. The summed E-state index contributed by atoms with van der Waals surface area (Å²) in [6.45, 7) is -0.505. The Morgan fingerprint density at radius 2 is 1.00 bits per heavy atom. The molecule has 19 heteroatoms. The lowest BCUT2D eigenvalue weighted by molar-refractivity contribution is -0.140. The Labute approximate surface area is 228 Å². The maximum Gasteiger partial charge on any atom is 0.322 e. The number of rotatable bonds is 15. The Kier molecular flexibility index (Phi) is 31.1. The minimum Gasteiger partial charge on any atom is -0.480 e. The van der Waals surface area contributed by atoms with Gasteiger partial charge in [-0.25, -0.2) is 0 Å². The summed E-state index contributed by atoms with van der Waals surface area (Å²) in [5.41, 5.74) is 25.4. The molecule has 0 saturated carbocycles. The van der Waals surface area contributed by atoms with Crippen LogP contribution in [-0.2, 0) is 24.0 Å². The zero-order valence-corrected chi connectivity index (χ0v) is 22.7. The zero-order chi connectivity index (χ0) is 30.1. The predicted octanol–water partition coefficient (Wildman–Crippen LogP) is -3.20. The van der Waals surface area contributed by atoms with E-state index in [-0.39, 0.29) is 11.5 Å². The summed E-state index contributed by atoms with van der Waals surface area (Å²) in [5, 5.41) is 49.0. The second-order valence-corrected chi connectivity index (χ2v) is 9.23. The van der Waals surface area contributed by atoms with Gasteiger partial charge in [0, 0.05) is 11.5 Å². The van der Waals surface area contributed by atoms with E-state index >= 15 is 0 Å². The number of hydrogen-bond acceptors (Lipinski definition) is 14. The Morgan fingerprint density at radius 3 is 1.22 bits per heavy atom. The fourth-order valence-electron chi connectivity index (χ4n) is 1.14. The minimum atomic E-state index is -1.18. The molecule has 0 aromatic rings. The summed E-state index contributed by atoms with van der Waals surface area (Å²) in [7, 11) is 0. The quantitative estimate of drug-likeness (QED) is 0.0652. The first kappa shape index (κ1) is 42.3. The molecular formula is C18H39N5O11S3. The average molecular weight is 598 g/mol. The highest BCUT2D eigenvalue weighted by molar-refractivity contribution is 7.99. The Balaban J connectivity index is -0.000000206. The fraction of sp³-hybridized carbons (Fsp3) is 0.722. The molecule has 0 fully saturated rings. The Morgan fingerprint density at radius 1 is 0.649 bits per heavy atom. The van der Waals surface area contributed by atoms with E-state index in [1.54, 1.807) is 11.8 Å². The van der Waals surface area contributed by atoms with Crippen molar-refractivity contribution in [1.82, 2.24) is 0 Å². The van der Waals surface area contributed by atoms with Crippen LogP contribution in [0, 0.1) is 0 Å². The summed E-state index contributed by atoms with van der Waals surface area (Å²) < 4.78 is 0. The van der Waals surface area contributed by atoms with Gasteiger partial charge < -0.3 is 59.3 Å². The van der Waals surface area contributed by atoms with Crippen molar-refractivity contribution in [1.29, 1.82) is 0 Å². The van der Waals surface area contributed by atoms with Gasteiger partial charge in [0.25, 0.3) is 0 Å². The third-order valence-electron chi connectivity index (χ3n) is 3.48. The third kappa shape index (κ3) is 32.1. The van der Waals surface area contributed by atoms with Crippen LogP contribution in [0.2, 0.25) is 0 Å². The first-order chi connectivity index (χ1) is 17.0. The number of aliphatic carboxylic acids is 5. The van der Waals surface area contributed by atoms with E-state index in [4.69, 9.17) is 59.3 Å². The maximum absolute atomic E-state index is 10.3. The summed E-state index contributed by atoms with van der Waals surface area (Å²) in [4.78, 5) is 50.0. The molecule has 0 aromatic carbocycles. The number of thiol groups is 1. The Bertz CT molecular complexity index is 623. The van der Waals surface area contributed by atoms with Gasteiger partial charge in [-0.1, -0.05) is 0 Å². The second-order valence-electron chi connectivity index (χ2n) is 6.73. The first-order valence-corrected chi connectivity index (χ1v) is 13.4. The lowest BCUT2D eigenvalue weighted by atomic mass is 10.2. The Hall–Kier alpha value is -1.84. The molecule has 0 bridgehead atoms. The summed E-state index contributed by atoms with van der Waals surface area (Å²) in [6.07, 6.45) is 2.79. The molecule has 220 valence electrons. The number of carboxylic acids is 5. The molecule has 0 rings (SSSR count). The lowest BCUT2D eigenvalue weighted by Gasteiger charge is -2.07. The third-order valence-corrected chi connectivity index (χ3v) is 5.64. The van der Waals surface area contributed by atoms with Crippen LogP contribution in [0.15, 0.2) is 0 Å². The number of carbonyl (C=O) groups is 5. The second kappa shape index (κ2) is 27.2. The van der Waals surface area contributed by atoms with Crippen molar-refractivity contribution in [2.45, 2.75) is 43.1 Å². The van der Waals surface area contributed by atoms with Crippen LogP contribution in [0.3, 0.4) is 0 Å².